The topological polar surface area (TPSA) is 61.9 Å². The molecular weight excluding hydrogens is 445 g/mol. The maximum absolute atomic E-state index is 13.1. The number of carbonyl (C=O) groups excluding carboxylic acids is 2. The van der Waals surface area contributed by atoms with Gasteiger partial charge in [-0.1, -0.05) is 25.1 Å². The molecule has 0 radical (unpaired) electrons. The Hall–Kier alpha value is -3.87. The quantitative estimate of drug-likeness (QED) is 0.479. The number of halogens is 1. The average molecular weight is 476 g/mol. The normalized spacial score (nSPS) is 14.3. The van der Waals surface area contributed by atoms with Crippen LogP contribution in [0.25, 0.3) is 0 Å². The minimum atomic E-state index is -0.255. The van der Waals surface area contributed by atoms with Gasteiger partial charge in [0, 0.05) is 50.4 Å². The van der Waals surface area contributed by atoms with E-state index in [2.05, 4.69) is 10.2 Å². The molecule has 4 rings (SSSR count). The van der Waals surface area contributed by atoms with Crippen molar-refractivity contribution in [3.05, 3.63) is 84.7 Å². The van der Waals surface area contributed by atoms with Gasteiger partial charge in [0.1, 0.15) is 17.3 Å². The van der Waals surface area contributed by atoms with Gasteiger partial charge in [0.25, 0.3) is 0 Å². The fraction of sp³-hybridized carbons (Fsp3) is 0.286. The van der Waals surface area contributed by atoms with Gasteiger partial charge in [-0.05, 0) is 66.6 Å². The molecule has 7 heteroatoms. The molecule has 0 bridgehead atoms. The van der Waals surface area contributed by atoms with Crippen LogP contribution in [0, 0.1) is 11.7 Å². The van der Waals surface area contributed by atoms with Crippen LogP contribution in [0.15, 0.2) is 78.9 Å². The highest BCUT2D eigenvalue weighted by atomic mass is 19.1. The molecule has 1 aliphatic heterocycles. The summed E-state index contributed by atoms with van der Waals surface area (Å²) in [6.07, 6.45) is 0.595. The molecule has 0 aromatic heterocycles. The van der Waals surface area contributed by atoms with Crippen molar-refractivity contribution in [3.63, 3.8) is 0 Å². The highest BCUT2D eigenvalue weighted by molar-refractivity contribution is 5.91. The van der Waals surface area contributed by atoms with Crippen molar-refractivity contribution in [2.75, 3.05) is 36.4 Å². The number of piperazine rings is 1. The number of nitrogens with zero attached hydrogens (tertiary/aromatic N) is 2. The number of nitrogens with one attached hydrogen (secondary N) is 1. The number of rotatable bonds is 8. The summed E-state index contributed by atoms with van der Waals surface area (Å²) in [6.45, 7) is 4.56. The Bertz CT molecular complexity index is 1110. The third kappa shape index (κ3) is 7.06. The van der Waals surface area contributed by atoms with E-state index in [0.717, 1.165) is 11.4 Å². The van der Waals surface area contributed by atoms with E-state index in [1.165, 1.54) is 12.1 Å². The number of ether oxygens (including phenoxy) is 1. The zero-order chi connectivity index (χ0) is 24.6. The van der Waals surface area contributed by atoms with Gasteiger partial charge in [0.05, 0.1) is 0 Å². The van der Waals surface area contributed by atoms with Crippen molar-refractivity contribution in [2.24, 2.45) is 5.92 Å². The summed E-state index contributed by atoms with van der Waals surface area (Å²) in [6, 6.07) is 23.1. The van der Waals surface area contributed by atoms with Crippen LogP contribution in [-0.4, -0.2) is 42.9 Å². The minimum Gasteiger partial charge on any atom is -0.457 e. The Morgan fingerprint density at radius 2 is 1.49 bits per heavy atom. The summed E-state index contributed by atoms with van der Waals surface area (Å²) in [5, 5.41) is 2.89. The van der Waals surface area contributed by atoms with E-state index in [4.69, 9.17) is 4.74 Å². The Balaban J connectivity index is 1.19. The summed E-state index contributed by atoms with van der Waals surface area (Å²) in [7, 11) is 0. The molecule has 1 N–H and O–H groups in total. The lowest BCUT2D eigenvalue weighted by Gasteiger charge is -2.36. The second-order valence-electron chi connectivity index (χ2n) is 8.85. The highest BCUT2D eigenvalue weighted by Crippen LogP contribution is 2.23. The lowest BCUT2D eigenvalue weighted by molar-refractivity contribution is -0.132. The number of hydrogen-bond donors (Lipinski definition) is 1. The molecule has 1 atom stereocenters. The lowest BCUT2D eigenvalue weighted by Crippen LogP contribution is -2.49. The Kier molecular flexibility index (Phi) is 7.98. The third-order valence-electron chi connectivity index (χ3n) is 6.00. The second-order valence-corrected chi connectivity index (χ2v) is 8.85. The van der Waals surface area contributed by atoms with E-state index in [1.54, 1.807) is 36.4 Å². The largest absolute Gasteiger partial charge is 0.457 e. The van der Waals surface area contributed by atoms with Crippen LogP contribution in [0.2, 0.25) is 0 Å². The summed E-state index contributed by atoms with van der Waals surface area (Å²) in [5.41, 5.74) is 1.65. The van der Waals surface area contributed by atoms with Gasteiger partial charge in [-0.15, -0.1) is 0 Å². The van der Waals surface area contributed by atoms with Crippen molar-refractivity contribution in [1.82, 2.24) is 4.90 Å². The molecule has 1 saturated heterocycles. The molecule has 0 aliphatic carbocycles. The summed E-state index contributed by atoms with van der Waals surface area (Å²) >= 11 is 0. The SMILES string of the molecule is C[C@H](CC(=O)Nc1ccc(Oc2ccccc2)cc1)CC(=O)N1CCN(c2ccc(F)cc2)CC1. The molecule has 1 aliphatic rings. The van der Waals surface area contributed by atoms with Crippen molar-refractivity contribution in [1.29, 1.82) is 0 Å². The van der Waals surface area contributed by atoms with E-state index in [9.17, 15) is 14.0 Å². The van der Waals surface area contributed by atoms with Crippen LogP contribution >= 0.6 is 0 Å². The lowest BCUT2D eigenvalue weighted by atomic mass is 10.0. The zero-order valence-electron chi connectivity index (χ0n) is 19.8. The van der Waals surface area contributed by atoms with Crippen molar-refractivity contribution in [3.8, 4) is 11.5 Å². The number of amides is 2. The molecule has 0 unspecified atom stereocenters. The van der Waals surface area contributed by atoms with Gasteiger partial charge in [-0.3, -0.25) is 9.59 Å². The van der Waals surface area contributed by atoms with E-state index >= 15 is 0 Å². The van der Waals surface area contributed by atoms with E-state index < -0.39 is 0 Å². The first-order valence-electron chi connectivity index (χ1n) is 11.9. The maximum Gasteiger partial charge on any atom is 0.224 e. The summed E-state index contributed by atoms with van der Waals surface area (Å²) in [4.78, 5) is 29.2. The number of para-hydroxylation sites is 1. The third-order valence-corrected chi connectivity index (χ3v) is 6.00. The van der Waals surface area contributed by atoms with E-state index in [0.29, 0.717) is 44.0 Å². The van der Waals surface area contributed by atoms with E-state index in [-0.39, 0.29) is 30.0 Å². The Labute approximate surface area is 205 Å². The number of carbonyl (C=O) groups is 2. The predicted octanol–water partition coefficient (Wildman–Crippen LogP) is 5.32. The fourth-order valence-electron chi connectivity index (χ4n) is 4.12. The van der Waals surface area contributed by atoms with Crippen molar-refractivity contribution >= 4 is 23.2 Å². The molecule has 182 valence electrons. The Morgan fingerprint density at radius 3 is 2.14 bits per heavy atom. The van der Waals surface area contributed by atoms with Gasteiger partial charge in [0.15, 0.2) is 0 Å². The number of hydrogen-bond acceptors (Lipinski definition) is 4. The molecular formula is C28H30FN3O3. The van der Waals surface area contributed by atoms with Crippen LogP contribution in [0.3, 0.4) is 0 Å². The van der Waals surface area contributed by atoms with Gasteiger partial charge < -0.3 is 19.9 Å². The second kappa shape index (κ2) is 11.5. The molecule has 6 nitrogen and oxygen atoms in total. The van der Waals surface area contributed by atoms with Crippen LogP contribution in [0.4, 0.5) is 15.8 Å². The molecule has 3 aromatic carbocycles. The highest BCUT2D eigenvalue weighted by Gasteiger charge is 2.23. The average Bonchev–Trinajstić information content (AvgIpc) is 2.86. The smallest absolute Gasteiger partial charge is 0.224 e. The zero-order valence-corrected chi connectivity index (χ0v) is 19.8. The first kappa shape index (κ1) is 24.3. The molecule has 2 amide bonds. The van der Waals surface area contributed by atoms with E-state index in [1.807, 2.05) is 42.2 Å². The molecule has 0 saturated carbocycles. The van der Waals surface area contributed by atoms with Gasteiger partial charge in [-0.25, -0.2) is 4.39 Å². The first-order chi connectivity index (χ1) is 17.0. The van der Waals surface area contributed by atoms with Gasteiger partial charge in [0.2, 0.25) is 11.8 Å². The molecule has 3 aromatic rings. The van der Waals surface area contributed by atoms with Crippen molar-refractivity contribution in [2.45, 2.75) is 19.8 Å². The van der Waals surface area contributed by atoms with Crippen LogP contribution in [0.1, 0.15) is 19.8 Å². The first-order valence-corrected chi connectivity index (χ1v) is 11.9. The monoisotopic (exact) mass is 475 g/mol. The van der Waals surface area contributed by atoms with Crippen LogP contribution < -0.4 is 15.0 Å². The minimum absolute atomic E-state index is 0.0615. The summed E-state index contributed by atoms with van der Waals surface area (Å²) < 4.78 is 18.9. The maximum atomic E-state index is 13.1. The molecule has 1 heterocycles. The number of anilines is 2. The standard InChI is InChI=1S/C28H30FN3O3/c1-21(20-28(34)32-17-15-31(16-18-32)24-11-7-22(29)8-12-24)19-27(33)30-23-9-13-26(14-10-23)35-25-5-3-2-4-6-25/h2-14,21H,15-20H2,1H3,(H,30,33)/t21-/m1/s1. The summed E-state index contributed by atoms with van der Waals surface area (Å²) in [5.74, 6) is 1.05. The van der Waals surface area contributed by atoms with Gasteiger partial charge in [-0.2, -0.15) is 0 Å². The predicted molar refractivity (Wildman–Crippen MR) is 135 cm³/mol. The number of benzene rings is 3. The van der Waals surface area contributed by atoms with Crippen LogP contribution in [0.5, 0.6) is 11.5 Å². The van der Waals surface area contributed by atoms with Crippen molar-refractivity contribution < 1.29 is 18.7 Å². The Morgan fingerprint density at radius 1 is 0.857 bits per heavy atom. The molecule has 1 fully saturated rings. The molecule has 0 spiro atoms. The molecule has 35 heavy (non-hydrogen) atoms. The van der Waals surface area contributed by atoms with Gasteiger partial charge >= 0.3 is 0 Å². The fourth-order valence-corrected chi connectivity index (χ4v) is 4.12. The van der Waals surface area contributed by atoms with Crippen LogP contribution in [-0.2, 0) is 9.59 Å².